The van der Waals surface area contributed by atoms with Gasteiger partial charge in [-0.25, -0.2) is 14.8 Å². The van der Waals surface area contributed by atoms with Crippen molar-refractivity contribution in [2.45, 2.75) is 38.0 Å². The highest BCUT2D eigenvalue weighted by atomic mass is 35.5. The summed E-state index contributed by atoms with van der Waals surface area (Å²) in [5, 5.41) is 11.5. The first-order chi connectivity index (χ1) is 20.4. The smallest absolute Gasteiger partial charge is 0.475 e. The Morgan fingerprint density at radius 1 is 1.14 bits per heavy atom. The molecule has 3 aromatic heterocycles. The molecule has 6 rings (SSSR count). The average Bonchev–Trinajstić information content (AvgIpc) is 3.56. The zero-order valence-electron chi connectivity index (χ0n) is 23.2. The molecule has 0 bridgehead atoms. The Kier molecular flexibility index (Phi) is 8.76. The highest BCUT2D eigenvalue weighted by Gasteiger charge is 2.38. The van der Waals surface area contributed by atoms with Gasteiger partial charge in [-0.1, -0.05) is 30.2 Å². The predicted molar refractivity (Wildman–Crippen MR) is 163 cm³/mol. The molecule has 1 aliphatic heterocycles. The fraction of sp³-hybridized carbons (Fsp3) is 0.310. The Bertz CT molecular complexity index is 1830. The number of alkyl halides is 3. The van der Waals surface area contributed by atoms with E-state index in [-0.39, 0.29) is 5.56 Å². The number of carboxylic acids is 1. The lowest BCUT2D eigenvalue weighted by molar-refractivity contribution is -0.192. The van der Waals surface area contributed by atoms with E-state index in [1.54, 1.807) is 10.9 Å². The Hall–Kier alpha value is -3.94. The van der Waals surface area contributed by atoms with Crippen LogP contribution in [0.1, 0.15) is 19.3 Å². The number of rotatable bonds is 5. The summed E-state index contributed by atoms with van der Waals surface area (Å²) >= 11 is 7.49. The van der Waals surface area contributed by atoms with Gasteiger partial charge in [0.15, 0.2) is 0 Å². The number of aromatic nitrogens is 4. The van der Waals surface area contributed by atoms with Gasteiger partial charge in [-0.3, -0.25) is 9.36 Å². The zero-order valence-corrected chi connectivity index (χ0v) is 24.8. The molecule has 1 atom stereocenters. The molecular weight excluding hydrogens is 605 g/mol. The average molecular weight is 633 g/mol. The number of anilines is 1. The molecule has 1 fully saturated rings. The lowest BCUT2D eigenvalue weighted by Gasteiger charge is -2.25. The van der Waals surface area contributed by atoms with E-state index in [1.165, 1.54) is 30.6 Å². The zero-order chi connectivity index (χ0) is 30.9. The van der Waals surface area contributed by atoms with Crippen LogP contribution in [-0.2, 0) is 11.3 Å². The van der Waals surface area contributed by atoms with Gasteiger partial charge in [0.05, 0.1) is 22.2 Å². The molecule has 5 aromatic rings. The van der Waals surface area contributed by atoms with E-state index >= 15 is 0 Å². The number of fused-ring (bicyclic) bond motifs is 2. The van der Waals surface area contributed by atoms with Gasteiger partial charge in [-0.2, -0.15) is 13.2 Å². The van der Waals surface area contributed by atoms with Crippen molar-refractivity contribution in [1.82, 2.24) is 24.4 Å². The first kappa shape index (κ1) is 30.5. The largest absolute Gasteiger partial charge is 0.490 e. The minimum Gasteiger partial charge on any atom is -0.475 e. The van der Waals surface area contributed by atoms with Gasteiger partial charge in [0.1, 0.15) is 11.0 Å². The van der Waals surface area contributed by atoms with Crippen molar-refractivity contribution in [3.8, 4) is 16.1 Å². The van der Waals surface area contributed by atoms with Gasteiger partial charge >= 0.3 is 12.1 Å². The minimum absolute atomic E-state index is 0.0803. The number of benzene rings is 2. The van der Waals surface area contributed by atoms with E-state index in [0.29, 0.717) is 21.3 Å². The van der Waals surface area contributed by atoms with Gasteiger partial charge < -0.3 is 19.9 Å². The standard InChI is InChI=1S/C27H27ClN6OS.C2HF3O2/c1-32(2)27-31-21-13-20(10-11-23(21)33(27)15-19-5-3-4-12-29-19)34-16-30-22-14-24(36-25(22)26(34)35)17-6-8-18(28)9-7-17;3-2(4,5)1(6)7/h6-11,13-14,16,19,29H,3-5,12,15H2,1-2H3;(H,6,7). The van der Waals surface area contributed by atoms with Crippen molar-refractivity contribution in [2.24, 2.45) is 0 Å². The van der Waals surface area contributed by atoms with Crippen LogP contribution in [0.5, 0.6) is 0 Å². The summed E-state index contributed by atoms with van der Waals surface area (Å²) in [5.74, 6) is -1.84. The summed E-state index contributed by atoms with van der Waals surface area (Å²) in [6, 6.07) is 16.1. The maximum Gasteiger partial charge on any atom is 0.490 e. The third kappa shape index (κ3) is 6.68. The second-order valence-electron chi connectivity index (χ2n) is 10.3. The fourth-order valence-electron chi connectivity index (χ4n) is 4.93. The van der Waals surface area contributed by atoms with Crippen molar-refractivity contribution < 1.29 is 23.1 Å². The Labute approximate surface area is 253 Å². The summed E-state index contributed by atoms with van der Waals surface area (Å²) in [5.41, 5.74) is 4.33. The molecule has 0 spiro atoms. The molecule has 14 heteroatoms. The second kappa shape index (κ2) is 12.3. The molecule has 2 N–H and O–H groups in total. The molecule has 1 saturated heterocycles. The summed E-state index contributed by atoms with van der Waals surface area (Å²) in [4.78, 5) is 34.9. The third-order valence-electron chi connectivity index (χ3n) is 7.01. The van der Waals surface area contributed by atoms with Gasteiger partial charge in [0.25, 0.3) is 5.56 Å². The molecule has 0 aliphatic carbocycles. The van der Waals surface area contributed by atoms with Crippen molar-refractivity contribution in [3.05, 3.63) is 70.2 Å². The summed E-state index contributed by atoms with van der Waals surface area (Å²) < 4.78 is 36.3. The molecule has 0 amide bonds. The normalized spacial score (nSPS) is 15.3. The lowest BCUT2D eigenvalue weighted by Crippen LogP contribution is -2.37. The molecule has 9 nitrogen and oxygen atoms in total. The fourth-order valence-corrected chi connectivity index (χ4v) is 6.10. The van der Waals surface area contributed by atoms with Crippen molar-refractivity contribution in [1.29, 1.82) is 0 Å². The molecule has 0 radical (unpaired) electrons. The predicted octanol–water partition coefficient (Wildman–Crippen LogP) is 5.96. The topological polar surface area (TPSA) is 105 Å². The number of aliphatic carboxylic acids is 1. The van der Waals surface area contributed by atoms with Gasteiger partial charge in [0.2, 0.25) is 5.95 Å². The van der Waals surface area contributed by atoms with Crippen LogP contribution < -0.4 is 15.8 Å². The van der Waals surface area contributed by atoms with E-state index in [9.17, 15) is 18.0 Å². The summed E-state index contributed by atoms with van der Waals surface area (Å²) in [6.45, 7) is 1.94. The third-order valence-corrected chi connectivity index (χ3v) is 8.43. The molecule has 4 heterocycles. The van der Waals surface area contributed by atoms with Crippen molar-refractivity contribution in [3.63, 3.8) is 0 Å². The maximum absolute atomic E-state index is 13.5. The molecule has 0 saturated carbocycles. The highest BCUT2D eigenvalue weighted by molar-refractivity contribution is 7.22. The van der Waals surface area contributed by atoms with Gasteiger partial charge in [-0.15, -0.1) is 11.3 Å². The van der Waals surface area contributed by atoms with Crippen LogP contribution in [0.4, 0.5) is 19.1 Å². The van der Waals surface area contributed by atoms with Gasteiger partial charge in [0, 0.05) is 36.6 Å². The molecular formula is C29H28ClF3N6O3S. The Morgan fingerprint density at radius 3 is 2.49 bits per heavy atom. The minimum atomic E-state index is -5.08. The molecule has 2 aromatic carbocycles. The number of hydrogen-bond donors (Lipinski definition) is 2. The van der Waals surface area contributed by atoms with E-state index in [2.05, 4.69) is 20.9 Å². The van der Waals surface area contributed by atoms with E-state index in [0.717, 1.165) is 46.2 Å². The number of nitrogens with zero attached hydrogens (tertiary/aromatic N) is 5. The maximum atomic E-state index is 13.5. The highest BCUT2D eigenvalue weighted by Crippen LogP contribution is 2.32. The van der Waals surface area contributed by atoms with Crippen LogP contribution in [0, 0.1) is 0 Å². The molecule has 43 heavy (non-hydrogen) atoms. The first-order valence-electron chi connectivity index (χ1n) is 13.4. The van der Waals surface area contributed by atoms with Crippen LogP contribution in [0.15, 0.2) is 59.7 Å². The molecule has 226 valence electrons. The summed E-state index contributed by atoms with van der Waals surface area (Å²) in [7, 11) is 4.04. The van der Waals surface area contributed by atoms with Crippen LogP contribution in [0.2, 0.25) is 5.02 Å². The first-order valence-corrected chi connectivity index (χ1v) is 14.6. The number of carbonyl (C=O) groups is 1. The summed E-state index contributed by atoms with van der Waals surface area (Å²) in [6.07, 6.45) is 0.195. The number of hydrogen-bond acceptors (Lipinski definition) is 7. The van der Waals surface area contributed by atoms with Crippen LogP contribution in [0.25, 0.3) is 37.4 Å². The van der Waals surface area contributed by atoms with Gasteiger partial charge in [-0.05, 0) is 61.3 Å². The van der Waals surface area contributed by atoms with E-state index in [4.69, 9.17) is 26.5 Å². The Morgan fingerprint density at radius 2 is 1.86 bits per heavy atom. The van der Waals surface area contributed by atoms with Crippen molar-refractivity contribution >= 4 is 56.1 Å². The SMILES string of the molecule is CN(C)c1nc2cc(-n3cnc4cc(-c5ccc(Cl)cc5)sc4c3=O)ccc2n1CC1CCCCN1.O=C(O)C(F)(F)F. The number of nitrogens with one attached hydrogen (secondary N) is 1. The monoisotopic (exact) mass is 632 g/mol. The number of carboxylic acid groups (broad SMARTS) is 1. The number of piperidine rings is 1. The second-order valence-corrected chi connectivity index (χ2v) is 11.8. The van der Waals surface area contributed by atoms with Crippen LogP contribution in [0.3, 0.4) is 0 Å². The Balaban J connectivity index is 0.000000472. The molecule has 1 aliphatic rings. The number of imidazole rings is 1. The quantitative estimate of drug-likeness (QED) is 0.246. The number of halogens is 4. The molecule has 1 unspecified atom stereocenters. The lowest BCUT2D eigenvalue weighted by atomic mass is 10.1. The van der Waals surface area contributed by atoms with Crippen LogP contribution in [-0.4, -0.2) is 63.0 Å². The van der Waals surface area contributed by atoms with E-state index in [1.807, 2.05) is 61.5 Å². The van der Waals surface area contributed by atoms with Crippen LogP contribution >= 0.6 is 22.9 Å². The number of thiophene rings is 1. The van der Waals surface area contributed by atoms with E-state index < -0.39 is 12.1 Å². The van der Waals surface area contributed by atoms with Crippen molar-refractivity contribution in [2.75, 3.05) is 25.5 Å².